The Bertz CT molecular complexity index is 1070. The molecule has 2 heterocycles. The lowest BCUT2D eigenvalue weighted by atomic mass is 10.1. The Morgan fingerprint density at radius 1 is 1.16 bits per heavy atom. The number of aromatic nitrogens is 2. The van der Waals surface area contributed by atoms with E-state index in [9.17, 15) is 18.7 Å². The van der Waals surface area contributed by atoms with Gasteiger partial charge in [-0.2, -0.15) is 0 Å². The van der Waals surface area contributed by atoms with Crippen LogP contribution in [0, 0.1) is 0 Å². The Morgan fingerprint density at radius 3 is 2.41 bits per heavy atom. The Balaban J connectivity index is 2.10. The summed E-state index contributed by atoms with van der Waals surface area (Å²) in [4.78, 5) is 26.0. The van der Waals surface area contributed by atoms with Crippen LogP contribution < -0.4 is 11.2 Å². The fraction of sp³-hybridized carbons (Fsp3) is 0.647. The first-order chi connectivity index (χ1) is 15.1. The van der Waals surface area contributed by atoms with Gasteiger partial charge in [0.2, 0.25) is 0 Å². The van der Waals surface area contributed by atoms with Crippen molar-refractivity contribution in [3.63, 3.8) is 0 Å². The number of hydrogen-bond donors (Lipinski definition) is 1. The third-order valence-corrected chi connectivity index (χ3v) is 8.07. The largest absolute Gasteiger partial charge is 0.382 e. The van der Waals surface area contributed by atoms with Gasteiger partial charge in [-0.05, 0) is 0 Å². The van der Waals surface area contributed by atoms with Gasteiger partial charge in [-0.1, -0.05) is 0 Å². The lowest BCUT2D eigenvalue weighted by Gasteiger charge is -2.30. The molecule has 1 saturated carbocycles. The van der Waals surface area contributed by atoms with E-state index >= 15 is 0 Å². The number of H-pyrrole nitrogens is 1. The molecule has 1 unspecified atom stereocenters. The van der Waals surface area contributed by atoms with Crippen molar-refractivity contribution in [2.75, 3.05) is 48.3 Å². The van der Waals surface area contributed by atoms with E-state index in [2.05, 4.69) is 4.98 Å². The maximum Gasteiger partial charge on any atom is 0.353 e. The number of aromatic amines is 1. The average molecular weight is 496 g/mol. The quantitative estimate of drug-likeness (QED) is 0.346. The normalized spacial score (nSPS) is 30.3. The maximum absolute atomic E-state index is 12.8. The molecule has 3 rings (SSSR count). The van der Waals surface area contributed by atoms with Gasteiger partial charge in [-0.15, -0.1) is 0 Å². The first-order valence-corrected chi connectivity index (χ1v) is 13.0. The number of fused-ring (bicyclic) bond motifs is 1. The van der Waals surface area contributed by atoms with Crippen LogP contribution in [0.1, 0.15) is 6.23 Å². The zero-order valence-electron chi connectivity index (χ0n) is 18.2. The fourth-order valence-electron chi connectivity index (χ4n) is 3.52. The second kappa shape index (κ2) is 9.46. The van der Waals surface area contributed by atoms with Crippen molar-refractivity contribution in [1.82, 2.24) is 9.55 Å². The van der Waals surface area contributed by atoms with Crippen LogP contribution in [0.4, 0.5) is 0 Å². The fourth-order valence-corrected chi connectivity index (χ4v) is 5.48. The van der Waals surface area contributed by atoms with Crippen molar-refractivity contribution in [1.29, 1.82) is 0 Å². The summed E-state index contributed by atoms with van der Waals surface area (Å²) < 4.78 is 64.4. The molecule has 0 spiro atoms. The summed E-state index contributed by atoms with van der Waals surface area (Å²) in [6.45, 7) is 1.52. The summed E-state index contributed by atoms with van der Waals surface area (Å²) in [6, 6.07) is 1.15. The van der Waals surface area contributed by atoms with Crippen molar-refractivity contribution in [2.24, 2.45) is 0 Å². The highest BCUT2D eigenvalue weighted by molar-refractivity contribution is 7.57. The standard InChI is InChI=1S/C17H26N2O11P2/c1-24-8-9-28-14-15(19-7-6-12(20)18-16(19)21)29-13-11(10-32(23,26-3)27-4)17(13,14)30-31(5,22)25-2/h6-7,10,13-15H,8-9H2,1-5H3,(H,18,20,21)/b11-10-/t13-,14+,15-,17-,31?/m1/s1. The molecule has 0 aromatic carbocycles. The first kappa shape index (κ1) is 25.2. The van der Waals surface area contributed by atoms with Crippen molar-refractivity contribution in [2.45, 2.75) is 24.0 Å². The molecule has 1 saturated heterocycles. The predicted molar refractivity (Wildman–Crippen MR) is 111 cm³/mol. The highest BCUT2D eigenvalue weighted by Crippen LogP contribution is 2.69. The zero-order valence-corrected chi connectivity index (χ0v) is 20.0. The monoisotopic (exact) mass is 496 g/mol. The molecular formula is C17H26N2O11P2. The molecule has 0 bridgehead atoms. The van der Waals surface area contributed by atoms with E-state index in [0.717, 1.165) is 10.6 Å². The second-order valence-corrected chi connectivity index (χ2v) is 11.2. The number of ether oxygens (including phenoxy) is 3. The maximum atomic E-state index is 12.8. The van der Waals surface area contributed by atoms with E-state index < -0.39 is 50.5 Å². The lowest BCUT2D eigenvalue weighted by Crippen LogP contribution is -2.43. The van der Waals surface area contributed by atoms with Gasteiger partial charge in [-0.25, -0.2) is 4.79 Å². The molecule has 1 aliphatic heterocycles. The van der Waals surface area contributed by atoms with E-state index in [4.69, 9.17) is 32.3 Å². The molecule has 1 N–H and O–H groups in total. The van der Waals surface area contributed by atoms with Gasteiger partial charge in [0.05, 0.1) is 13.2 Å². The third-order valence-electron chi connectivity index (χ3n) is 5.16. The van der Waals surface area contributed by atoms with Crippen LogP contribution in [0.3, 0.4) is 0 Å². The zero-order chi connectivity index (χ0) is 23.7. The Kier molecular flexibility index (Phi) is 7.45. The summed E-state index contributed by atoms with van der Waals surface area (Å²) in [6.07, 6.45) is -1.78. The molecule has 32 heavy (non-hydrogen) atoms. The molecular weight excluding hydrogens is 470 g/mol. The van der Waals surface area contributed by atoms with E-state index in [1.54, 1.807) is 0 Å². The minimum Gasteiger partial charge on any atom is -0.382 e. The van der Waals surface area contributed by atoms with Crippen molar-refractivity contribution < 1.29 is 41.4 Å². The predicted octanol–water partition coefficient (Wildman–Crippen LogP) is 1.07. The number of nitrogens with one attached hydrogen (secondary N) is 1. The van der Waals surface area contributed by atoms with Gasteiger partial charge in [0.25, 0.3) is 5.56 Å². The molecule has 1 aromatic heterocycles. The van der Waals surface area contributed by atoms with Gasteiger partial charge in [0.1, 0.15) is 12.2 Å². The molecule has 180 valence electrons. The van der Waals surface area contributed by atoms with Crippen LogP contribution in [-0.2, 0) is 41.4 Å². The van der Waals surface area contributed by atoms with Crippen molar-refractivity contribution in [3.05, 3.63) is 44.5 Å². The van der Waals surface area contributed by atoms with Gasteiger partial charge in [-0.3, -0.25) is 28.0 Å². The number of hydrogen-bond acceptors (Lipinski definition) is 11. The molecule has 1 aliphatic carbocycles. The third kappa shape index (κ3) is 4.63. The molecule has 5 atom stereocenters. The second-order valence-electron chi connectivity index (χ2n) is 7.04. The van der Waals surface area contributed by atoms with Crippen molar-refractivity contribution >= 4 is 15.2 Å². The number of nitrogens with zero attached hydrogens (tertiary/aromatic N) is 1. The van der Waals surface area contributed by atoms with E-state index in [0.29, 0.717) is 5.57 Å². The van der Waals surface area contributed by atoms with Crippen molar-refractivity contribution in [3.8, 4) is 0 Å². The van der Waals surface area contributed by atoms with E-state index in [1.807, 2.05) is 0 Å². The summed E-state index contributed by atoms with van der Waals surface area (Å²) >= 11 is 0. The van der Waals surface area contributed by atoms with Crippen LogP contribution >= 0.6 is 15.2 Å². The summed E-state index contributed by atoms with van der Waals surface area (Å²) in [5, 5.41) is 0. The molecule has 0 radical (unpaired) electrons. The first-order valence-electron chi connectivity index (χ1n) is 9.43. The van der Waals surface area contributed by atoms with Gasteiger partial charge < -0.3 is 27.8 Å². The molecule has 13 nitrogen and oxygen atoms in total. The number of rotatable bonds is 11. The molecule has 0 amide bonds. The Morgan fingerprint density at radius 2 is 1.84 bits per heavy atom. The summed E-state index contributed by atoms with van der Waals surface area (Å²) in [5.74, 6) is 1.21. The molecule has 2 aliphatic rings. The van der Waals surface area contributed by atoms with Crippen LogP contribution in [0.5, 0.6) is 0 Å². The molecule has 15 heteroatoms. The number of methoxy groups -OCH3 is 1. The Hall–Kier alpha value is -1.40. The van der Waals surface area contributed by atoms with Gasteiger partial charge in [0, 0.05) is 58.8 Å². The molecule has 2 fully saturated rings. The topological polar surface area (TPSA) is 154 Å². The van der Waals surface area contributed by atoms with Crippen LogP contribution in [0.15, 0.2) is 33.2 Å². The summed E-state index contributed by atoms with van der Waals surface area (Å²) in [5.41, 5.74) is -2.53. The highest BCUT2D eigenvalue weighted by Gasteiger charge is 2.78. The Labute approximate surface area is 183 Å². The summed E-state index contributed by atoms with van der Waals surface area (Å²) in [7, 11) is -2.17. The van der Waals surface area contributed by atoms with E-state index in [1.165, 1.54) is 47.1 Å². The van der Waals surface area contributed by atoms with Gasteiger partial charge in [0.15, 0.2) is 11.8 Å². The van der Waals surface area contributed by atoms with Crippen LogP contribution in [0.25, 0.3) is 0 Å². The van der Waals surface area contributed by atoms with Crippen LogP contribution in [-0.4, -0.2) is 75.7 Å². The minimum absolute atomic E-state index is 0.0669. The SMILES string of the molecule is COCCO[C@H]1[C@H](n2ccc(=O)[nH]c2=O)O[C@@H]2/C(=C/P(=O)(OC)OC)[C@@]21OP(C)(=O)OC. The smallest absolute Gasteiger partial charge is 0.353 e. The van der Waals surface area contributed by atoms with Gasteiger partial charge >= 0.3 is 20.9 Å². The minimum atomic E-state index is -3.66. The highest BCUT2D eigenvalue weighted by atomic mass is 31.2. The lowest BCUT2D eigenvalue weighted by molar-refractivity contribution is -0.0972. The van der Waals surface area contributed by atoms with Crippen LogP contribution in [0.2, 0.25) is 0 Å². The van der Waals surface area contributed by atoms with E-state index in [-0.39, 0.29) is 13.2 Å². The average Bonchev–Trinajstić information content (AvgIpc) is 3.18. The molecule has 1 aromatic rings.